The Morgan fingerprint density at radius 2 is 1.85 bits per heavy atom. The monoisotopic (exact) mass is 557 g/mol. The van der Waals surface area contributed by atoms with Gasteiger partial charge in [-0.25, -0.2) is 13.9 Å². The number of rotatable bonds is 6. The number of likely N-dealkylation sites (tertiary alicyclic amines) is 1. The lowest BCUT2D eigenvalue weighted by Gasteiger charge is -2.30. The zero-order valence-corrected chi connectivity index (χ0v) is 21.6. The molecule has 2 aromatic carbocycles. The van der Waals surface area contributed by atoms with Crippen LogP contribution in [0, 0.1) is 17.1 Å². The van der Waals surface area contributed by atoms with Crippen LogP contribution in [0.1, 0.15) is 42.9 Å². The molecular weight excluding hydrogens is 530 g/mol. The first-order valence-corrected chi connectivity index (χ1v) is 12.8. The van der Waals surface area contributed by atoms with Crippen molar-refractivity contribution in [3.05, 3.63) is 53.3 Å². The summed E-state index contributed by atoms with van der Waals surface area (Å²) < 4.78 is 63.5. The second-order valence-corrected chi connectivity index (χ2v) is 10.00. The number of urea groups is 1. The van der Waals surface area contributed by atoms with Crippen molar-refractivity contribution in [3.63, 3.8) is 0 Å². The molecule has 210 valence electrons. The fourth-order valence-electron chi connectivity index (χ4n) is 4.62. The first kappa shape index (κ1) is 27.3. The van der Waals surface area contributed by atoms with E-state index in [0.717, 1.165) is 38.1 Å². The number of nitrogens with one attached hydrogen (secondary N) is 2. The molecule has 0 atom stereocenters. The summed E-state index contributed by atoms with van der Waals surface area (Å²) in [5, 5.41) is 18.5. The van der Waals surface area contributed by atoms with Crippen LogP contribution < -0.4 is 21.1 Å². The maximum absolute atomic E-state index is 14.9. The highest BCUT2D eigenvalue weighted by atomic mass is 19.4. The molecule has 9 nitrogen and oxygen atoms in total. The Bertz CT molecular complexity index is 1470. The molecule has 2 fully saturated rings. The van der Waals surface area contributed by atoms with Crippen molar-refractivity contribution in [2.24, 2.45) is 0 Å². The Hall–Kier alpha value is -4.31. The summed E-state index contributed by atoms with van der Waals surface area (Å²) in [6.45, 7) is 1.45. The molecule has 2 aliphatic rings. The van der Waals surface area contributed by atoms with Crippen LogP contribution >= 0.6 is 0 Å². The molecule has 0 spiro atoms. The van der Waals surface area contributed by atoms with Crippen LogP contribution in [0.4, 0.5) is 39.5 Å². The summed E-state index contributed by atoms with van der Waals surface area (Å²) in [4.78, 5) is 14.6. The van der Waals surface area contributed by atoms with Crippen molar-refractivity contribution in [1.82, 2.24) is 14.7 Å². The largest absolute Gasteiger partial charge is 0.490 e. The van der Waals surface area contributed by atoms with Gasteiger partial charge in [-0.3, -0.25) is 0 Å². The van der Waals surface area contributed by atoms with Gasteiger partial charge in [-0.05, 0) is 63.1 Å². The number of nitriles is 1. The summed E-state index contributed by atoms with van der Waals surface area (Å²) in [5.74, 6) is -0.923. The molecule has 40 heavy (non-hydrogen) atoms. The van der Waals surface area contributed by atoms with Gasteiger partial charge in [0, 0.05) is 24.3 Å². The molecular formula is C27H27F4N7O2. The first-order chi connectivity index (χ1) is 19.0. The lowest BCUT2D eigenvalue weighted by atomic mass is 10.1. The van der Waals surface area contributed by atoms with E-state index in [2.05, 4.69) is 20.6 Å². The number of carbonyl (C=O) groups is 1. The number of alkyl halides is 3. The van der Waals surface area contributed by atoms with Crippen LogP contribution in [0.25, 0.3) is 11.3 Å². The van der Waals surface area contributed by atoms with E-state index in [-0.39, 0.29) is 46.3 Å². The SMILES string of the molecule is CN1CCC(Oc2ccc(NC(=O)Nc3ccc(-c4nn(C5CC5)c(N)c4C#N)cc3F)cc2C(F)(F)F)CC1. The number of hydrogen-bond donors (Lipinski definition) is 3. The third-order valence-corrected chi connectivity index (χ3v) is 6.94. The van der Waals surface area contributed by atoms with E-state index in [1.165, 1.54) is 24.3 Å². The van der Waals surface area contributed by atoms with Gasteiger partial charge in [0.15, 0.2) is 0 Å². The molecule has 1 aliphatic heterocycles. The standard InChI is InChI=1S/C27H27F4N7O2/c1-37-10-8-18(9-11-37)40-23-7-3-16(13-20(23)27(29,30)31)34-26(39)35-22-6-2-15(12-21(22)28)24-19(14-32)25(33)38(36-24)17-4-5-17/h2-3,6-7,12-13,17-18H,4-5,8-11,33H2,1H3,(H2,34,35,39). The number of hydrogen-bond acceptors (Lipinski definition) is 6. The Morgan fingerprint density at radius 1 is 1.12 bits per heavy atom. The predicted molar refractivity (Wildman–Crippen MR) is 140 cm³/mol. The molecule has 0 unspecified atom stereocenters. The topological polar surface area (TPSA) is 121 Å². The second kappa shape index (κ2) is 10.7. The van der Waals surface area contributed by atoms with Crippen molar-refractivity contribution < 1.29 is 27.1 Å². The molecule has 2 heterocycles. The van der Waals surface area contributed by atoms with Crippen molar-refractivity contribution in [3.8, 4) is 23.1 Å². The number of carbonyl (C=O) groups excluding carboxylic acids is 1. The summed E-state index contributed by atoms with van der Waals surface area (Å²) in [6.07, 6.45) is -2.06. The maximum atomic E-state index is 14.9. The van der Waals surface area contributed by atoms with Crippen molar-refractivity contribution in [2.75, 3.05) is 36.5 Å². The molecule has 13 heteroatoms. The van der Waals surface area contributed by atoms with Gasteiger partial charge >= 0.3 is 12.2 Å². The Balaban J connectivity index is 1.29. The highest BCUT2D eigenvalue weighted by Gasteiger charge is 2.36. The third-order valence-electron chi connectivity index (χ3n) is 6.94. The van der Waals surface area contributed by atoms with E-state index in [9.17, 15) is 27.6 Å². The van der Waals surface area contributed by atoms with Crippen LogP contribution in [-0.4, -0.2) is 47.0 Å². The molecule has 1 aliphatic carbocycles. The molecule has 4 N–H and O–H groups in total. The van der Waals surface area contributed by atoms with E-state index < -0.39 is 23.6 Å². The highest BCUT2D eigenvalue weighted by Crippen LogP contribution is 2.40. The minimum absolute atomic E-state index is 0.114. The number of anilines is 3. The summed E-state index contributed by atoms with van der Waals surface area (Å²) in [5.41, 5.74) is 5.32. The van der Waals surface area contributed by atoms with Crippen LogP contribution in [0.3, 0.4) is 0 Å². The van der Waals surface area contributed by atoms with Gasteiger partial charge < -0.3 is 26.0 Å². The maximum Gasteiger partial charge on any atom is 0.420 e. The van der Waals surface area contributed by atoms with Crippen LogP contribution in [0.2, 0.25) is 0 Å². The summed E-state index contributed by atoms with van der Waals surface area (Å²) in [6, 6.07) is 8.27. The Kier molecular flexibility index (Phi) is 7.29. The van der Waals surface area contributed by atoms with Gasteiger partial charge in [-0.2, -0.15) is 23.5 Å². The zero-order chi connectivity index (χ0) is 28.6. The number of benzene rings is 2. The summed E-state index contributed by atoms with van der Waals surface area (Å²) in [7, 11) is 1.94. The van der Waals surface area contributed by atoms with Crippen molar-refractivity contribution in [1.29, 1.82) is 5.26 Å². The fourth-order valence-corrected chi connectivity index (χ4v) is 4.62. The first-order valence-electron chi connectivity index (χ1n) is 12.8. The van der Waals surface area contributed by atoms with Gasteiger partial charge in [-0.1, -0.05) is 6.07 Å². The second-order valence-electron chi connectivity index (χ2n) is 10.00. The van der Waals surface area contributed by atoms with Crippen molar-refractivity contribution in [2.45, 2.75) is 44.0 Å². The van der Waals surface area contributed by atoms with Gasteiger partial charge in [0.1, 0.15) is 40.8 Å². The lowest BCUT2D eigenvalue weighted by molar-refractivity contribution is -0.139. The number of aromatic nitrogens is 2. The molecule has 1 saturated carbocycles. The smallest absolute Gasteiger partial charge is 0.420 e. The summed E-state index contributed by atoms with van der Waals surface area (Å²) >= 11 is 0. The average molecular weight is 558 g/mol. The van der Waals surface area contributed by atoms with Crippen LogP contribution in [0.15, 0.2) is 36.4 Å². The van der Waals surface area contributed by atoms with Gasteiger partial charge in [0.05, 0.1) is 17.3 Å². The minimum atomic E-state index is -4.71. The van der Waals surface area contributed by atoms with E-state index in [0.29, 0.717) is 18.4 Å². The minimum Gasteiger partial charge on any atom is -0.490 e. The van der Waals surface area contributed by atoms with E-state index in [1.807, 2.05) is 13.1 Å². The van der Waals surface area contributed by atoms with Crippen LogP contribution in [0.5, 0.6) is 5.75 Å². The number of nitrogens with zero attached hydrogens (tertiary/aromatic N) is 4. The molecule has 3 aromatic rings. The van der Waals surface area contributed by atoms with E-state index >= 15 is 0 Å². The number of nitrogen functional groups attached to an aromatic ring is 1. The molecule has 1 aromatic heterocycles. The number of piperidine rings is 1. The Morgan fingerprint density at radius 3 is 2.48 bits per heavy atom. The number of amides is 2. The van der Waals surface area contributed by atoms with Crippen LogP contribution in [-0.2, 0) is 6.18 Å². The van der Waals surface area contributed by atoms with E-state index in [1.54, 1.807) is 4.68 Å². The van der Waals surface area contributed by atoms with Gasteiger partial charge in [0.2, 0.25) is 0 Å². The molecule has 5 rings (SSSR count). The average Bonchev–Trinajstić information content (AvgIpc) is 3.69. The van der Waals surface area contributed by atoms with Crippen molar-refractivity contribution >= 4 is 23.2 Å². The third kappa shape index (κ3) is 5.81. The quantitative estimate of drug-likeness (QED) is 0.339. The van der Waals surface area contributed by atoms with E-state index in [4.69, 9.17) is 10.5 Å². The normalized spacial score (nSPS) is 16.4. The zero-order valence-electron chi connectivity index (χ0n) is 21.6. The fraction of sp³-hybridized carbons (Fsp3) is 0.370. The highest BCUT2D eigenvalue weighted by molar-refractivity contribution is 6.00. The predicted octanol–water partition coefficient (Wildman–Crippen LogP) is 5.61. The number of ether oxygens (including phenoxy) is 1. The molecule has 0 radical (unpaired) electrons. The molecule has 1 saturated heterocycles. The molecule has 2 amide bonds. The lowest BCUT2D eigenvalue weighted by Crippen LogP contribution is -2.36. The van der Waals surface area contributed by atoms with Gasteiger partial charge in [0.25, 0.3) is 0 Å². The number of nitrogens with two attached hydrogens (primary N) is 1. The Labute approximate surface area is 227 Å². The van der Waals surface area contributed by atoms with Gasteiger partial charge in [-0.15, -0.1) is 0 Å². The number of halogens is 4. The molecule has 0 bridgehead atoms.